The van der Waals surface area contributed by atoms with Crippen molar-refractivity contribution in [1.29, 1.82) is 0 Å². The predicted molar refractivity (Wildman–Crippen MR) is 85.2 cm³/mol. The molecule has 3 nitrogen and oxygen atoms in total. The first-order valence-electron chi connectivity index (χ1n) is 6.25. The van der Waals surface area contributed by atoms with Gasteiger partial charge in [-0.2, -0.15) is 5.10 Å². The van der Waals surface area contributed by atoms with Crippen molar-refractivity contribution in [1.82, 2.24) is 15.1 Å². The van der Waals surface area contributed by atoms with Crippen molar-refractivity contribution in [3.05, 3.63) is 50.7 Å². The summed E-state index contributed by atoms with van der Waals surface area (Å²) in [7, 11) is 1.95. The van der Waals surface area contributed by atoms with E-state index >= 15 is 0 Å². The molecule has 0 radical (unpaired) electrons. The zero-order chi connectivity index (χ0) is 13.8. The highest BCUT2D eigenvalue weighted by atomic mass is 79.9. The van der Waals surface area contributed by atoms with Gasteiger partial charge in [0.15, 0.2) is 0 Å². The Kier molecular flexibility index (Phi) is 5.19. The molecular formula is C14H17Br2N3. The number of hydrogen-bond acceptors (Lipinski definition) is 2. The van der Waals surface area contributed by atoms with Crippen LogP contribution < -0.4 is 5.32 Å². The quantitative estimate of drug-likeness (QED) is 0.845. The second-order valence-electron chi connectivity index (χ2n) is 4.54. The minimum atomic E-state index is 0.294. The maximum absolute atomic E-state index is 4.23. The molecule has 0 amide bonds. The van der Waals surface area contributed by atoms with Gasteiger partial charge in [-0.25, -0.2) is 0 Å². The molecule has 0 bridgehead atoms. The van der Waals surface area contributed by atoms with E-state index < -0.39 is 0 Å². The number of nitrogens with one attached hydrogen (secondary N) is 1. The van der Waals surface area contributed by atoms with Gasteiger partial charge in [0.2, 0.25) is 0 Å². The monoisotopic (exact) mass is 385 g/mol. The number of benzene rings is 1. The number of halogens is 2. The molecule has 0 saturated heterocycles. The Balaban J connectivity index is 2.23. The second kappa shape index (κ2) is 6.68. The summed E-state index contributed by atoms with van der Waals surface area (Å²) in [6.07, 6.45) is 4.93. The lowest BCUT2D eigenvalue weighted by atomic mass is 10.0. The van der Waals surface area contributed by atoms with Crippen molar-refractivity contribution in [2.24, 2.45) is 7.05 Å². The van der Waals surface area contributed by atoms with Crippen LogP contribution in [-0.4, -0.2) is 16.3 Å². The Bertz CT molecular complexity index is 531. The van der Waals surface area contributed by atoms with Gasteiger partial charge >= 0.3 is 0 Å². The maximum atomic E-state index is 4.23. The molecule has 1 aromatic carbocycles. The molecule has 1 N–H and O–H groups in total. The molecule has 1 aromatic heterocycles. The Hall–Kier alpha value is -0.650. The normalized spacial score (nSPS) is 12.6. The van der Waals surface area contributed by atoms with Crippen molar-refractivity contribution in [2.45, 2.75) is 19.4 Å². The third kappa shape index (κ3) is 4.16. The molecule has 0 spiro atoms. The number of likely N-dealkylation sites (N-methyl/N-ethyl adjacent to an activating group) is 1. The van der Waals surface area contributed by atoms with Crippen LogP contribution in [0.4, 0.5) is 0 Å². The Morgan fingerprint density at radius 1 is 1.26 bits per heavy atom. The van der Waals surface area contributed by atoms with Gasteiger partial charge in [0.25, 0.3) is 0 Å². The Morgan fingerprint density at radius 2 is 1.95 bits per heavy atom. The van der Waals surface area contributed by atoms with E-state index in [9.17, 15) is 0 Å². The average Bonchev–Trinajstić information content (AvgIpc) is 2.73. The maximum Gasteiger partial charge on any atom is 0.0522 e. The smallest absolute Gasteiger partial charge is 0.0522 e. The number of aryl methyl sites for hydroxylation is 1. The van der Waals surface area contributed by atoms with Gasteiger partial charge in [-0.05, 0) is 42.3 Å². The average molecular weight is 387 g/mol. The molecule has 0 aliphatic carbocycles. The molecule has 1 unspecified atom stereocenters. The van der Waals surface area contributed by atoms with E-state index in [1.54, 1.807) is 0 Å². The lowest BCUT2D eigenvalue weighted by molar-refractivity contribution is 0.549. The first kappa shape index (κ1) is 14.8. The lowest BCUT2D eigenvalue weighted by Crippen LogP contribution is -2.22. The summed E-state index contributed by atoms with van der Waals surface area (Å²) in [6.45, 7) is 3.07. The van der Waals surface area contributed by atoms with E-state index in [-0.39, 0.29) is 0 Å². The van der Waals surface area contributed by atoms with Gasteiger partial charge in [0, 0.05) is 28.2 Å². The van der Waals surface area contributed by atoms with E-state index in [2.05, 4.69) is 73.6 Å². The minimum Gasteiger partial charge on any atom is -0.310 e. The molecule has 19 heavy (non-hydrogen) atoms. The molecule has 0 aliphatic rings. The van der Waals surface area contributed by atoms with Crippen LogP contribution in [0.3, 0.4) is 0 Å². The fourth-order valence-corrected chi connectivity index (χ4v) is 3.47. The summed E-state index contributed by atoms with van der Waals surface area (Å²) < 4.78 is 4.02. The SMILES string of the molecule is CCNC(Cc1cnn(C)c1)c1cc(Br)cc(Br)c1. The van der Waals surface area contributed by atoms with Crippen LogP contribution in [0, 0.1) is 0 Å². The third-order valence-electron chi connectivity index (χ3n) is 2.94. The number of rotatable bonds is 5. The zero-order valence-electron chi connectivity index (χ0n) is 11.0. The van der Waals surface area contributed by atoms with Gasteiger partial charge < -0.3 is 5.32 Å². The molecule has 102 valence electrons. The van der Waals surface area contributed by atoms with Crippen molar-refractivity contribution in [2.75, 3.05) is 6.54 Å². The van der Waals surface area contributed by atoms with Crippen LogP contribution >= 0.6 is 31.9 Å². The van der Waals surface area contributed by atoms with E-state index in [1.165, 1.54) is 11.1 Å². The Labute approximate surface area is 130 Å². The number of hydrogen-bond donors (Lipinski definition) is 1. The number of aromatic nitrogens is 2. The van der Waals surface area contributed by atoms with Gasteiger partial charge in [-0.15, -0.1) is 0 Å². The molecular weight excluding hydrogens is 370 g/mol. The Morgan fingerprint density at radius 3 is 2.47 bits per heavy atom. The summed E-state index contributed by atoms with van der Waals surface area (Å²) in [5, 5.41) is 7.76. The van der Waals surface area contributed by atoms with E-state index in [0.717, 1.165) is 21.9 Å². The molecule has 5 heteroatoms. The van der Waals surface area contributed by atoms with Crippen molar-refractivity contribution in [3.63, 3.8) is 0 Å². The summed E-state index contributed by atoms with van der Waals surface area (Å²) >= 11 is 7.10. The third-order valence-corrected chi connectivity index (χ3v) is 3.85. The standard InChI is InChI=1S/C14H17Br2N3/c1-3-17-14(4-10-8-18-19(2)9-10)11-5-12(15)7-13(16)6-11/h5-9,14,17H,3-4H2,1-2H3. The van der Waals surface area contributed by atoms with Gasteiger partial charge in [-0.1, -0.05) is 38.8 Å². The van der Waals surface area contributed by atoms with Crippen LogP contribution in [-0.2, 0) is 13.5 Å². The van der Waals surface area contributed by atoms with Crippen LogP contribution in [0.25, 0.3) is 0 Å². The zero-order valence-corrected chi connectivity index (χ0v) is 14.2. The van der Waals surface area contributed by atoms with Gasteiger partial charge in [0.1, 0.15) is 0 Å². The van der Waals surface area contributed by atoms with Crippen molar-refractivity contribution < 1.29 is 0 Å². The molecule has 2 aromatic rings. The minimum absolute atomic E-state index is 0.294. The van der Waals surface area contributed by atoms with Crippen LogP contribution in [0.1, 0.15) is 24.1 Å². The summed E-state index contributed by atoms with van der Waals surface area (Å²) in [5.41, 5.74) is 2.51. The summed E-state index contributed by atoms with van der Waals surface area (Å²) in [6, 6.07) is 6.67. The summed E-state index contributed by atoms with van der Waals surface area (Å²) in [4.78, 5) is 0. The summed E-state index contributed by atoms with van der Waals surface area (Å²) in [5.74, 6) is 0. The fourth-order valence-electron chi connectivity index (χ4n) is 2.14. The highest BCUT2D eigenvalue weighted by Crippen LogP contribution is 2.26. The van der Waals surface area contributed by atoms with E-state index in [1.807, 2.05) is 17.9 Å². The van der Waals surface area contributed by atoms with Crippen molar-refractivity contribution >= 4 is 31.9 Å². The van der Waals surface area contributed by atoms with Gasteiger partial charge in [0.05, 0.1) is 6.20 Å². The predicted octanol–water partition coefficient (Wildman–Crippen LogP) is 3.84. The lowest BCUT2D eigenvalue weighted by Gasteiger charge is -2.18. The molecule has 2 rings (SSSR count). The molecule has 0 aliphatic heterocycles. The highest BCUT2D eigenvalue weighted by Gasteiger charge is 2.13. The van der Waals surface area contributed by atoms with Crippen molar-refractivity contribution in [3.8, 4) is 0 Å². The topological polar surface area (TPSA) is 29.9 Å². The molecule has 1 heterocycles. The highest BCUT2D eigenvalue weighted by molar-refractivity contribution is 9.11. The molecule has 0 fully saturated rings. The van der Waals surface area contributed by atoms with Gasteiger partial charge in [-0.3, -0.25) is 4.68 Å². The van der Waals surface area contributed by atoms with Crippen LogP contribution in [0.2, 0.25) is 0 Å². The largest absolute Gasteiger partial charge is 0.310 e. The van der Waals surface area contributed by atoms with E-state index in [0.29, 0.717) is 6.04 Å². The van der Waals surface area contributed by atoms with Crippen LogP contribution in [0.5, 0.6) is 0 Å². The van der Waals surface area contributed by atoms with E-state index in [4.69, 9.17) is 0 Å². The fraction of sp³-hybridized carbons (Fsp3) is 0.357. The second-order valence-corrected chi connectivity index (χ2v) is 6.37. The molecule has 1 atom stereocenters. The molecule has 0 saturated carbocycles. The number of nitrogens with zero attached hydrogens (tertiary/aromatic N) is 2. The van der Waals surface area contributed by atoms with Crippen LogP contribution in [0.15, 0.2) is 39.5 Å². The first-order valence-corrected chi connectivity index (χ1v) is 7.84. The first-order chi connectivity index (χ1) is 9.08.